The summed E-state index contributed by atoms with van der Waals surface area (Å²) in [7, 11) is 1.77. The zero-order valence-corrected chi connectivity index (χ0v) is 9.94. The normalized spacial score (nSPS) is 24.6. The van der Waals surface area contributed by atoms with E-state index in [4.69, 9.17) is 10.5 Å². The van der Waals surface area contributed by atoms with Gasteiger partial charge < -0.3 is 15.4 Å². The smallest absolute Gasteiger partial charge is 0.229 e. The maximum atomic E-state index is 12.0. The molecule has 1 aliphatic heterocycles. The predicted octanol–water partition coefficient (Wildman–Crippen LogP) is 0.0752. The van der Waals surface area contributed by atoms with Crippen LogP contribution < -0.4 is 5.73 Å². The molecule has 0 saturated carbocycles. The molecular formula is C10H15N3O2S. The van der Waals surface area contributed by atoms with E-state index in [-0.39, 0.29) is 17.9 Å². The Morgan fingerprint density at radius 2 is 2.56 bits per heavy atom. The molecule has 1 aromatic rings. The summed E-state index contributed by atoms with van der Waals surface area (Å²) in [6.45, 7) is 1.44. The van der Waals surface area contributed by atoms with Crippen LogP contribution in [0, 0.1) is 5.92 Å². The second kappa shape index (κ2) is 4.90. The Morgan fingerprint density at radius 1 is 1.75 bits per heavy atom. The fourth-order valence-corrected chi connectivity index (χ4v) is 2.29. The lowest BCUT2D eigenvalue weighted by atomic mass is 10.0. The zero-order chi connectivity index (χ0) is 11.5. The van der Waals surface area contributed by atoms with E-state index in [1.165, 1.54) is 11.3 Å². The van der Waals surface area contributed by atoms with Crippen molar-refractivity contribution in [1.29, 1.82) is 0 Å². The highest BCUT2D eigenvalue weighted by molar-refractivity contribution is 7.07. The van der Waals surface area contributed by atoms with Gasteiger partial charge in [0.2, 0.25) is 5.91 Å². The van der Waals surface area contributed by atoms with Gasteiger partial charge in [-0.3, -0.25) is 4.79 Å². The van der Waals surface area contributed by atoms with Crippen molar-refractivity contribution in [3.8, 4) is 0 Å². The third kappa shape index (κ3) is 2.40. The van der Waals surface area contributed by atoms with Crippen LogP contribution in [-0.4, -0.2) is 42.1 Å². The number of hydrogen-bond acceptors (Lipinski definition) is 5. The van der Waals surface area contributed by atoms with Crippen molar-refractivity contribution < 1.29 is 9.53 Å². The average molecular weight is 241 g/mol. The standard InChI is InChI=1S/C10H15N3O2S/c1-13(2-7-5-16-6-12-7)10(14)8-3-15-4-9(8)11/h5-6,8-9H,2-4,11H2,1H3. The lowest BCUT2D eigenvalue weighted by molar-refractivity contribution is -0.135. The van der Waals surface area contributed by atoms with Crippen molar-refractivity contribution in [2.75, 3.05) is 20.3 Å². The van der Waals surface area contributed by atoms with Crippen LogP contribution in [0.2, 0.25) is 0 Å². The van der Waals surface area contributed by atoms with E-state index in [2.05, 4.69) is 4.98 Å². The van der Waals surface area contributed by atoms with E-state index in [1.807, 2.05) is 5.38 Å². The number of ether oxygens (including phenoxy) is 1. The molecule has 1 aromatic heterocycles. The first kappa shape index (κ1) is 11.5. The summed E-state index contributed by atoms with van der Waals surface area (Å²) in [5, 5.41) is 1.94. The molecule has 1 aliphatic rings. The van der Waals surface area contributed by atoms with Gasteiger partial charge in [0.15, 0.2) is 0 Å². The van der Waals surface area contributed by atoms with E-state index in [0.29, 0.717) is 19.8 Å². The first-order chi connectivity index (χ1) is 7.68. The van der Waals surface area contributed by atoms with Gasteiger partial charge in [-0.15, -0.1) is 11.3 Å². The molecule has 1 amide bonds. The van der Waals surface area contributed by atoms with E-state index < -0.39 is 0 Å². The molecule has 2 N–H and O–H groups in total. The number of carbonyl (C=O) groups excluding carboxylic acids is 1. The van der Waals surface area contributed by atoms with Gasteiger partial charge in [-0.2, -0.15) is 0 Å². The molecule has 2 heterocycles. The molecule has 0 bridgehead atoms. The fraction of sp³-hybridized carbons (Fsp3) is 0.600. The van der Waals surface area contributed by atoms with Gasteiger partial charge in [-0.1, -0.05) is 0 Å². The van der Waals surface area contributed by atoms with Crippen molar-refractivity contribution in [3.63, 3.8) is 0 Å². The maximum Gasteiger partial charge on any atom is 0.229 e. The number of hydrogen-bond donors (Lipinski definition) is 1. The van der Waals surface area contributed by atoms with Crippen molar-refractivity contribution in [3.05, 3.63) is 16.6 Å². The van der Waals surface area contributed by atoms with E-state index in [0.717, 1.165) is 5.69 Å². The second-order valence-corrected chi connectivity index (χ2v) is 4.70. The van der Waals surface area contributed by atoms with Gasteiger partial charge in [-0.25, -0.2) is 4.98 Å². The highest BCUT2D eigenvalue weighted by Gasteiger charge is 2.33. The zero-order valence-electron chi connectivity index (χ0n) is 9.13. The lowest BCUT2D eigenvalue weighted by Crippen LogP contribution is -2.41. The largest absolute Gasteiger partial charge is 0.379 e. The Hall–Kier alpha value is -0.980. The summed E-state index contributed by atoms with van der Waals surface area (Å²) in [4.78, 5) is 17.8. The SMILES string of the molecule is CN(Cc1cscn1)C(=O)C1COCC1N. The molecule has 1 fully saturated rings. The van der Waals surface area contributed by atoms with Crippen molar-refractivity contribution in [1.82, 2.24) is 9.88 Å². The Bertz CT molecular complexity index is 355. The minimum atomic E-state index is -0.205. The quantitative estimate of drug-likeness (QED) is 0.813. The molecule has 2 unspecified atom stereocenters. The second-order valence-electron chi connectivity index (χ2n) is 3.98. The predicted molar refractivity (Wildman–Crippen MR) is 60.9 cm³/mol. The van der Waals surface area contributed by atoms with Crippen LogP contribution >= 0.6 is 11.3 Å². The number of thiazole rings is 1. The third-order valence-electron chi connectivity index (χ3n) is 2.70. The molecule has 0 radical (unpaired) electrons. The number of rotatable bonds is 3. The molecule has 6 heteroatoms. The van der Waals surface area contributed by atoms with Crippen LogP contribution in [0.4, 0.5) is 0 Å². The minimum Gasteiger partial charge on any atom is -0.379 e. The molecule has 0 aliphatic carbocycles. The molecule has 0 aromatic carbocycles. The van der Waals surface area contributed by atoms with E-state index in [9.17, 15) is 4.79 Å². The van der Waals surface area contributed by atoms with Gasteiger partial charge in [0, 0.05) is 18.5 Å². The van der Waals surface area contributed by atoms with Crippen LogP contribution in [0.15, 0.2) is 10.9 Å². The first-order valence-corrected chi connectivity index (χ1v) is 6.08. The van der Waals surface area contributed by atoms with Crippen LogP contribution in [0.25, 0.3) is 0 Å². The number of amides is 1. The Kier molecular flexibility index (Phi) is 3.52. The lowest BCUT2D eigenvalue weighted by Gasteiger charge is -2.21. The highest BCUT2D eigenvalue weighted by atomic mass is 32.1. The van der Waals surface area contributed by atoms with Gasteiger partial charge in [-0.05, 0) is 0 Å². The summed E-state index contributed by atoms with van der Waals surface area (Å²) >= 11 is 1.53. The third-order valence-corrected chi connectivity index (χ3v) is 3.34. The molecule has 2 atom stereocenters. The number of aromatic nitrogens is 1. The summed E-state index contributed by atoms with van der Waals surface area (Å²) in [6, 6.07) is -0.176. The number of nitrogens with zero attached hydrogens (tertiary/aromatic N) is 2. The van der Waals surface area contributed by atoms with Crippen LogP contribution in [0.3, 0.4) is 0 Å². The number of nitrogens with two attached hydrogens (primary N) is 1. The van der Waals surface area contributed by atoms with Crippen LogP contribution in [0.5, 0.6) is 0 Å². The molecule has 2 rings (SSSR count). The average Bonchev–Trinajstić information content (AvgIpc) is 2.88. The Morgan fingerprint density at radius 3 is 3.12 bits per heavy atom. The van der Waals surface area contributed by atoms with E-state index >= 15 is 0 Å². The highest BCUT2D eigenvalue weighted by Crippen LogP contribution is 2.15. The summed E-state index contributed by atoms with van der Waals surface area (Å²) < 4.78 is 5.19. The molecular weight excluding hydrogens is 226 g/mol. The fourth-order valence-electron chi connectivity index (χ4n) is 1.74. The molecule has 16 heavy (non-hydrogen) atoms. The van der Waals surface area contributed by atoms with Crippen molar-refractivity contribution in [2.45, 2.75) is 12.6 Å². The number of carbonyl (C=O) groups is 1. The van der Waals surface area contributed by atoms with Crippen molar-refractivity contribution >= 4 is 17.2 Å². The van der Waals surface area contributed by atoms with Gasteiger partial charge in [0.05, 0.1) is 36.9 Å². The summed E-state index contributed by atoms with van der Waals surface area (Å²) in [5.41, 5.74) is 8.48. The Labute approximate surface area is 98.2 Å². The molecule has 5 nitrogen and oxygen atoms in total. The van der Waals surface area contributed by atoms with E-state index in [1.54, 1.807) is 17.5 Å². The van der Waals surface area contributed by atoms with Gasteiger partial charge >= 0.3 is 0 Å². The monoisotopic (exact) mass is 241 g/mol. The topological polar surface area (TPSA) is 68.5 Å². The van der Waals surface area contributed by atoms with Crippen LogP contribution in [-0.2, 0) is 16.1 Å². The maximum absolute atomic E-state index is 12.0. The summed E-state index contributed by atoms with van der Waals surface area (Å²) in [6.07, 6.45) is 0. The molecule has 88 valence electrons. The molecule has 0 spiro atoms. The minimum absolute atomic E-state index is 0.0398. The Balaban J connectivity index is 1.94. The van der Waals surface area contributed by atoms with Crippen LogP contribution in [0.1, 0.15) is 5.69 Å². The summed E-state index contributed by atoms with van der Waals surface area (Å²) in [5.74, 6) is -0.165. The van der Waals surface area contributed by atoms with Crippen molar-refractivity contribution in [2.24, 2.45) is 11.7 Å². The molecule has 1 saturated heterocycles. The van der Waals surface area contributed by atoms with Gasteiger partial charge in [0.1, 0.15) is 0 Å². The first-order valence-electron chi connectivity index (χ1n) is 5.14. The van der Waals surface area contributed by atoms with Gasteiger partial charge in [0.25, 0.3) is 0 Å².